The third-order valence-corrected chi connectivity index (χ3v) is 5.97. The standard InChI is InChI=1S/C25H26N4O2/c1-16-7-9-17(10-8-16)14-31-19-6-4-5-18(11-19)23-22-20(12-25(2,3)13-21(22)30)28-24-26-15-27-29(23)24/h4-11,15,23H,12-14H2,1-3H3,(H,26,27,28). The summed E-state index contributed by atoms with van der Waals surface area (Å²) in [6.45, 7) is 6.82. The van der Waals surface area contributed by atoms with Gasteiger partial charge in [-0.15, -0.1) is 0 Å². The first-order valence-electron chi connectivity index (χ1n) is 10.6. The van der Waals surface area contributed by atoms with Crippen molar-refractivity contribution in [2.45, 2.75) is 46.3 Å². The van der Waals surface area contributed by atoms with Gasteiger partial charge in [-0.3, -0.25) is 4.79 Å². The summed E-state index contributed by atoms with van der Waals surface area (Å²) in [7, 11) is 0. The number of hydrogen-bond donors (Lipinski definition) is 1. The van der Waals surface area contributed by atoms with Crippen LogP contribution in [-0.4, -0.2) is 20.5 Å². The van der Waals surface area contributed by atoms with Crippen LogP contribution in [0.25, 0.3) is 0 Å². The molecule has 2 aromatic carbocycles. The number of fused-ring (bicyclic) bond motifs is 1. The quantitative estimate of drug-likeness (QED) is 0.663. The number of nitrogens with zero attached hydrogens (tertiary/aromatic N) is 3. The Morgan fingerprint density at radius 3 is 2.77 bits per heavy atom. The Kier molecular flexibility index (Phi) is 4.65. The molecule has 0 spiro atoms. The number of Topliss-reactive ketones (excluding diaryl/α,β-unsaturated/α-hetero) is 1. The first-order valence-corrected chi connectivity index (χ1v) is 10.6. The molecule has 1 unspecified atom stereocenters. The van der Waals surface area contributed by atoms with Gasteiger partial charge >= 0.3 is 0 Å². The van der Waals surface area contributed by atoms with E-state index >= 15 is 0 Å². The van der Waals surface area contributed by atoms with Crippen LogP contribution in [0.3, 0.4) is 0 Å². The van der Waals surface area contributed by atoms with Crippen LogP contribution in [0.2, 0.25) is 0 Å². The van der Waals surface area contributed by atoms with Crippen molar-refractivity contribution in [3.05, 3.63) is 82.8 Å². The molecule has 0 radical (unpaired) electrons. The van der Waals surface area contributed by atoms with E-state index < -0.39 is 0 Å². The van der Waals surface area contributed by atoms with E-state index in [0.29, 0.717) is 19.0 Å². The second-order valence-electron chi connectivity index (χ2n) is 9.24. The van der Waals surface area contributed by atoms with Crippen LogP contribution in [-0.2, 0) is 11.4 Å². The number of allylic oxidation sites excluding steroid dienone is 2. The SMILES string of the molecule is Cc1ccc(COc2cccc(C3C4=C(CC(C)(C)CC4=O)Nc4ncnn43)c2)cc1. The zero-order valence-electron chi connectivity index (χ0n) is 18.1. The van der Waals surface area contributed by atoms with Gasteiger partial charge in [0.15, 0.2) is 5.78 Å². The Balaban J connectivity index is 1.48. The monoisotopic (exact) mass is 414 g/mol. The van der Waals surface area contributed by atoms with Gasteiger partial charge in [-0.25, -0.2) is 4.68 Å². The van der Waals surface area contributed by atoms with Crippen molar-refractivity contribution >= 4 is 11.7 Å². The highest BCUT2D eigenvalue weighted by Gasteiger charge is 2.41. The van der Waals surface area contributed by atoms with Gasteiger partial charge in [0, 0.05) is 17.7 Å². The summed E-state index contributed by atoms with van der Waals surface area (Å²) >= 11 is 0. The molecule has 5 rings (SSSR count). The van der Waals surface area contributed by atoms with Crippen LogP contribution in [0.4, 0.5) is 5.95 Å². The predicted molar refractivity (Wildman–Crippen MR) is 119 cm³/mol. The molecule has 0 bridgehead atoms. The third kappa shape index (κ3) is 3.74. The van der Waals surface area contributed by atoms with E-state index in [1.807, 2.05) is 24.3 Å². The topological polar surface area (TPSA) is 69.0 Å². The van der Waals surface area contributed by atoms with Crippen LogP contribution in [0.15, 0.2) is 66.1 Å². The van der Waals surface area contributed by atoms with Gasteiger partial charge in [-0.05, 0) is 42.0 Å². The molecule has 2 aliphatic rings. The van der Waals surface area contributed by atoms with Gasteiger partial charge in [0.2, 0.25) is 5.95 Å². The molecule has 0 amide bonds. The lowest BCUT2D eigenvalue weighted by molar-refractivity contribution is -0.118. The molecule has 0 saturated carbocycles. The molecule has 31 heavy (non-hydrogen) atoms. The number of benzene rings is 2. The molecule has 6 nitrogen and oxygen atoms in total. The highest BCUT2D eigenvalue weighted by molar-refractivity contribution is 6.00. The maximum atomic E-state index is 13.2. The highest BCUT2D eigenvalue weighted by atomic mass is 16.5. The van der Waals surface area contributed by atoms with Gasteiger partial charge in [-0.2, -0.15) is 10.1 Å². The molecule has 1 aliphatic heterocycles. The van der Waals surface area contributed by atoms with Crippen molar-refractivity contribution in [1.29, 1.82) is 0 Å². The van der Waals surface area contributed by atoms with Crippen molar-refractivity contribution in [2.24, 2.45) is 5.41 Å². The van der Waals surface area contributed by atoms with Gasteiger partial charge < -0.3 is 10.1 Å². The summed E-state index contributed by atoms with van der Waals surface area (Å²) in [5.74, 6) is 1.60. The van der Waals surface area contributed by atoms with Crippen molar-refractivity contribution in [3.8, 4) is 5.75 Å². The molecule has 158 valence electrons. The van der Waals surface area contributed by atoms with E-state index in [1.54, 1.807) is 4.68 Å². The lowest BCUT2D eigenvalue weighted by atomic mass is 9.73. The second-order valence-corrected chi connectivity index (χ2v) is 9.24. The molecule has 1 atom stereocenters. The van der Waals surface area contributed by atoms with Gasteiger partial charge in [-0.1, -0.05) is 55.8 Å². The molecule has 3 aromatic rings. The van der Waals surface area contributed by atoms with E-state index in [1.165, 1.54) is 11.9 Å². The number of ketones is 1. The van der Waals surface area contributed by atoms with Gasteiger partial charge in [0.1, 0.15) is 24.7 Å². The third-order valence-electron chi connectivity index (χ3n) is 5.97. The first kappa shape index (κ1) is 19.5. The highest BCUT2D eigenvalue weighted by Crippen LogP contribution is 2.45. The molecule has 0 fully saturated rings. The summed E-state index contributed by atoms with van der Waals surface area (Å²) < 4.78 is 7.87. The summed E-state index contributed by atoms with van der Waals surface area (Å²) in [4.78, 5) is 17.6. The maximum absolute atomic E-state index is 13.2. The van der Waals surface area contributed by atoms with E-state index in [9.17, 15) is 4.79 Å². The van der Waals surface area contributed by atoms with E-state index in [0.717, 1.165) is 34.6 Å². The second kappa shape index (κ2) is 7.38. The van der Waals surface area contributed by atoms with Gasteiger partial charge in [0.05, 0.1) is 0 Å². The molecule has 1 N–H and O–H groups in total. The Hall–Kier alpha value is -3.41. The van der Waals surface area contributed by atoms with Crippen LogP contribution >= 0.6 is 0 Å². The largest absolute Gasteiger partial charge is 0.489 e. The van der Waals surface area contributed by atoms with Gasteiger partial charge in [0.25, 0.3) is 0 Å². The Morgan fingerprint density at radius 1 is 1.16 bits per heavy atom. The molecule has 6 heteroatoms. The fraction of sp³-hybridized carbons (Fsp3) is 0.320. The van der Waals surface area contributed by atoms with E-state index in [2.05, 4.69) is 60.4 Å². The number of carbonyl (C=O) groups is 1. The molecule has 2 heterocycles. The number of ether oxygens (including phenoxy) is 1. The van der Waals surface area contributed by atoms with E-state index in [4.69, 9.17) is 4.74 Å². The lowest BCUT2D eigenvalue weighted by Gasteiger charge is -2.38. The van der Waals surface area contributed by atoms with Crippen molar-refractivity contribution in [2.75, 3.05) is 5.32 Å². The Bertz CT molecular complexity index is 1170. The minimum atomic E-state index is -0.305. The summed E-state index contributed by atoms with van der Waals surface area (Å²) in [5, 5.41) is 7.77. The maximum Gasteiger partial charge on any atom is 0.226 e. The molecule has 0 saturated heterocycles. The normalized spacial score (nSPS) is 19.5. The first-order chi connectivity index (χ1) is 14.9. The van der Waals surface area contributed by atoms with Crippen molar-refractivity contribution < 1.29 is 9.53 Å². The lowest BCUT2D eigenvalue weighted by Crippen LogP contribution is -2.36. The minimum Gasteiger partial charge on any atom is -0.489 e. The minimum absolute atomic E-state index is 0.0747. The number of hydrogen-bond acceptors (Lipinski definition) is 5. The number of rotatable bonds is 4. The smallest absolute Gasteiger partial charge is 0.226 e. The molecule has 1 aliphatic carbocycles. The van der Waals surface area contributed by atoms with Crippen molar-refractivity contribution in [1.82, 2.24) is 14.8 Å². The van der Waals surface area contributed by atoms with Crippen LogP contribution in [0.5, 0.6) is 5.75 Å². The number of carbonyl (C=O) groups excluding carboxylic acids is 1. The summed E-state index contributed by atoms with van der Waals surface area (Å²) in [5.41, 5.74) is 4.98. The number of nitrogens with one attached hydrogen (secondary N) is 1. The molecular formula is C25H26N4O2. The number of aromatic nitrogens is 3. The zero-order valence-corrected chi connectivity index (χ0v) is 18.1. The summed E-state index contributed by atoms with van der Waals surface area (Å²) in [6, 6.07) is 16.0. The Labute approximate surface area is 182 Å². The zero-order chi connectivity index (χ0) is 21.6. The van der Waals surface area contributed by atoms with Crippen LogP contribution in [0, 0.1) is 12.3 Å². The fourth-order valence-electron chi connectivity index (χ4n) is 4.48. The number of aryl methyl sites for hydroxylation is 1. The molecule has 1 aromatic heterocycles. The summed E-state index contributed by atoms with van der Waals surface area (Å²) in [6.07, 6.45) is 2.86. The number of anilines is 1. The van der Waals surface area contributed by atoms with Crippen LogP contribution < -0.4 is 10.1 Å². The van der Waals surface area contributed by atoms with Crippen LogP contribution in [0.1, 0.15) is 49.4 Å². The predicted octanol–water partition coefficient (Wildman–Crippen LogP) is 4.82. The Morgan fingerprint density at radius 2 is 1.97 bits per heavy atom. The van der Waals surface area contributed by atoms with E-state index in [-0.39, 0.29) is 17.2 Å². The average Bonchev–Trinajstić information content (AvgIpc) is 3.19. The average molecular weight is 415 g/mol. The van der Waals surface area contributed by atoms with Crippen molar-refractivity contribution in [3.63, 3.8) is 0 Å². The molecular weight excluding hydrogens is 388 g/mol. The fourth-order valence-corrected chi connectivity index (χ4v) is 4.48.